The smallest absolute Gasteiger partial charge is 0.130 e. The fourth-order valence-electron chi connectivity index (χ4n) is 1.30. The Morgan fingerprint density at radius 2 is 2.14 bits per heavy atom. The van der Waals surface area contributed by atoms with Crippen LogP contribution in [-0.4, -0.2) is 5.11 Å². The normalized spacial score (nSPS) is 15.2. The van der Waals surface area contributed by atoms with Gasteiger partial charge in [0.15, 0.2) is 0 Å². The molecule has 0 bridgehead atoms. The lowest BCUT2D eigenvalue weighted by atomic mass is 9.95. The predicted octanol–water partition coefficient (Wildman–Crippen LogP) is 3.56. The fourth-order valence-corrected chi connectivity index (χ4v) is 1.58. The summed E-state index contributed by atoms with van der Waals surface area (Å²) in [5.74, 6) is -0.435. The van der Waals surface area contributed by atoms with Crippen LogP contribution in [0.15, 0.2) is 18.2 Å². The maximum Gasteiger partial charge on any atom is 0.130 e. The molecule has 0 aromatic heterocycles. The van der Waals surface area contributed by atoms with Crippen LogP contribution in [0.2, 0.25) is 5.02 Å². The van der Waals surface area contributed by atoms with Crippen LogP contribution in [-0.2, 0) is 0 Å². The van der Waals surface area contributed by atoms with Crippen LogP contribution in [0.5, 0.6) is 0 Å². The second kappa shape index (κ2) is 4.76. The van der Waals surface area contributed by atoms with E-state index in [2.05, 4.69) is 0 Å². The van der Waals surface area contributed by atoms with E-state index in [0.717, 1.165) is 6.42 Å². The van der Waals surface area contributed by atoms with E-state index in [1.165, 1.54) is 12.1 Å². The van der Waals surface area contributed by atoms with E-state index < -0.39 is 11.9 Å². The van der Waals surface area contributed by atoms with E-state index in [4.69, 9.17) is 11.6 Å². The highest BCUT2D eigenvalue weighted by Crippen LogP contribution is 2.31. The first kappa shape index (κ1) is 11.5. The van der Waals surface area contributed by atoms with E-state index in [0.29, 0.717) is 0 Å². The summed E-state index contributed by atoms with van der Waals surface area (Å²) in [5.41, 5.74) is 0.212. The lowest BCUT2D eigenvalue weighted by Gasteiger charge is -2.19. The second-order valence-corrected chi connectivity index (χ2v) is 3.87. The highest BCUT2D eigenvalue weighted by Gasteiger charge is 2.20. The highest BCUT2D eigenvalue weighted by molar-refractivity contribution is 6.31. The largest absolute Gasteiger partial charge is 0.388 e. The first-order valence-corrected chi connectivity index (χ1v) is 5.07. The Bertz CT molecular complexity index is 294. The quantitative estimate of drug-likeness (QED) is 0.819. The molecule has 78 valence electrons. The molecule has 3 heteroatoms. The van der Waals surface area contributed by atoms with Crippen molar-refractivity contribution in [3.63, 3.8) is 0 Å². The number of rotatable bonds is 3. The van der Waals surface area contributed by atoms with Crippen molar-refractivity contribution in [3.8, 4) is 0 Å². The van der Waals surface area contributed by atoms with Crippen molar-refractivity contribution >= 4 is 11.6 Å². The molecule has 0 saturated heterocycles. The molecule has 0 saturated carbocycles. The number of aliphatic hydroxyl groups excluding tert-OH is 1. The van der Waals surface area contributed by atoms with Crippen LogP contribution in [0.4, 0.5) is 4.39 Å². The number of halogens is 2. The average molecular weight is 217 g/mol. The molecule has 14 heavy (non-hydrogen) atoms. The number of aliphatic hydroxyl groups is 1. The van der Waals surface area contributed by atoms with Gasteiger partial charge in [0.1, 0.15) is 5.82 Å². The molecule has 0 aliphatic carbocycles. The zero-order valence-electron chi connectivity index (χ0n) is 8.30. The van der Waals surface area contributed by atoms with Crippen LogP contribution in [0, 0.1) is 11.7 Å². The van der Waals surface area contributed by atoms with Gasteiger partial charge in [0, 0.05) is 10.6 Å². The lowest BCUT2D eigenvalue weighted by Crippen LogP contribution is -2.10. The van der Waals surface area contributed by atoms with Crippen molar-refractivity contribution in [2.45, 2.75) is 26.4 Å². The van der Waals surface area contributed by atoms with Crippen LogP contribution in [0.3, 0.4) is 0 Å². The highest BCUT2D eigenvalue weighted by atomic mass is 35.5. The summed E-state index contributed by atoms with van der Waals surface area (Å²) in [5, 5.41) is 10.1. The topological polar surface area (TPSA) is 20.2 Å². The Morgan fingerprint density at radius 3 is 2.64 bits per heavy atom. The standard InChI is InChI=1S/C11H14ClFO/c1-3-7(2)11(14)10-8(12)5-4-6-9(10)13/h4-7,11,14H,3H2,1-2H3. The Balaban J connectivity index is 3.05. The second-order valence-electron chi connectivity index (χ2n) is 3.47. The molecular formula is C11H14ClFO. The molecule has 0 fully saturated rings. The molecule has 2 unspecified atom stereocenters. The minimum atomic E-state index is -0.825. The van der Waals surface area contributed by atoms with E-state index in [1.54, 1.807) is 6.07 Å². The van der Waals surface area contributed by atoms with Gasteiger partial charge in [-0.15, -0.1) is 0 Å². The molecule has 0 radical (unpaired) electrons. The zero-order chi connectivity index (χ0) is 10.7. The van der Waals surface area contributed by atoms with Crippen molar-refractivity contribution < 1.29 is 9.50 Å². The third kappa shape index (κ3) is 2.25. The Labute approximate surface area is 88.5 Å². The maximum absolute atomic E-state index is 13.4. The zero-order valence-corrected chi connectivity index (χ0v) is 9.05. The third-order valence-electron chi connectivity index (χ3n) is 2.48. The van der Waals surface area contributed by atoms with Gasteiger partial charge in [-0.05, 0) is 18.1 Å². The van der Waals surface area contributed by atoms with Crippen molar-refractivity contribution in [2.24, 2.45) is 5.92 Å². The summed E-state index contributed by atoms with van der Waals surface area (Å²) in [7, 11) is 0. The summed E-state index contributed by atoms with van der Waals surface area (Å²) in [6.07, 6.45) is -0.0417. The molecule has 1 nitrogen and oxygen atoms in total. The molecule has 0 aliphatic heterocycles. The van der Waals surface area contributed by atoms with Gasteiger partial charge >= 0.3 is 0 Å². The van der Waals surface area contributed by atoms with E-state index in [1.807, 2.05) is 13.8 Å². The van der Waals surface area contributed by atoms with Gasteiger partial charge in [-0.3, -0.25) is 0 Å². The van der Waals surface area contributed by atoms with Gasteiger partial charge in [-0.1, -0.05) is 37.9 Å². The summed E-state index contributed by atoms with van der Waals surface area (Å²) in [4.78, 5) is 0. The van der Waals surface area contributed by atoms with Gasteiger partial charge < -0.3 is 5.11 Å². The molecule has 1 rings (SSSR count). The number of hydrogen-bond donors (Lipinski definition) is 1. The van der Waals surface area contributed by atoms with E-state index in [9.17, 15) is 9.50 Å². The average Bonchev–Trinajstić information content (AvgIpc) is 2.16. The molecule has 2 atom stereocenters. The minimum Gasteiger partial charge on any atom is -0.388 e. The first-order valence-electron chi connectivity index (χ1n) is 4.69. The van der Waals surface area contributed by atoms with Gasteiger partial charge in [-0.2, -0.15) is 0 Å². The minimum absolute atomic E-state index is 0.00407. The molecule has 0 amide bonds. The van der Waals surface area contributed by atoms with Crippen molar-refractivity contribution in [2.75, 3.05) is 0 Å². The monoisotopic (exact) mass is 216 g/mol. The Kier molecular flexibility index (Phi) is 3.90. The first-order chi connectivity index (χ1) is 6.57. The summed E-state index contributed by atoms with van der Waals surface area (Å²) < 4.78 is 13.4. The molecule has 1 aromatic carbocycles. The summed E-state index contributed by atoms with van der Waals surface area (Å²) >= 11 is 5.83. The molecule has 1 aromatic rings. The Morgan fingerprint density at radius 1 is 1.50 bits per heavy atom. The summed E-state index contributed by atoms with van der Waals surface area (Å²) in [6.45, 7) is 3.82. The maximum atomic E-state index is 13.4. The molecule has 0 heterocycles. The van der Waals surface area contributed by atoms with Crippen LogP contribution in [0.25, 0.3) is 0 Å². The summed E-state index contributed by atoms with van der Waals surface area (Å²) in [6, 6.07) is 4.43. The van der Waals surface area contributed by atoms with Gasteiger partial charge in [0.2, 0.25) is 0 Å². The Hall–Kier alpha value is -0.600. The number of hydrogen-bond acceptors (Lipinski definition) is 1. The van der Waals surface area contributed by atoms with Gasteiger partial charge in [0.25, 0.3) is 0 Å². The van der Waals surface area contributed by atoms with E-state index in [-0.39, 0.29) is 16.5 Å². The molecule has 1 N–H and O–H groups in total. The van der Waals surface area contributed by atoms with Crippen LogP contribution < -0.4 is 0 Å². The predicted molar refractivity (Wildman–Crippen MR) is 55.8 cm³/mol. The van der Waals surface area contributed by atoms with E-state index >= 15 is 0 Å². The van der Waals surface area contributed by atoms with Crippen molar-refractivity contribution in [3.05, 3.63) is 34.6 Å². The third-order valence-corrected chi connectivity index (χ3v) is 2.81. The molecular weight excluding hydrogens is 203 g/mol. The lowest BCUT2D eigenvalue weighted by molar-refractivity contribution is 0.112. The van der Waals surface area contributed by atoms with Crippen molar-refractivity contribution in [1.82, 2.24) is 0 Å². The molecule has 0 aliphatic rings. The van der Waals surface area contributed by atoms with Crippen LogP contribution in [0.1, 0.15) is 31.9 Å². The number of benzene rings is 1. The molecule has 0 spiro atoms. The SMILES string of the molecule is CCC(C)C(O)c1c(F)cccc1Cl. The van der Waals surface area contributed by atoms with Gasteiger partial charge in [-0.25, -0.2) is 4.39 Å². The van der Waals surface area contributed by atoms with Gasteiger partial charge in [0.05, 0.1) is 6.10 Å². The van der Waals surface area contributed by atoms with Crippen molar-refractivity contribution in [1.29, 1.82) is 0 Å². The fraction of sp³-hybridized carbons (Fsp3) is 0.455. The van der Waals surface area contributed by atoms with Crippen LogP contribution >= 0.6 is 11.6 Å².